The van der Waals surface area contributed by atoms with Crippen LogP contribution in [0.25, 0.3) is 11.2 Å². The first-order chi connectivity index (χ1) is 15.3. The fourth-order valence-corrected chi connectivity index (χ4v) is 4.71. The molecule has 0 amide bonds. The molecule has 5 rings (SSSR count). The molecule has 3 aromatic rings. The lowest BCUT2D eigenvalue weighted by molar-refractivity contribution is -0.137. The number of anilines is 2. The van der Waals surface area contributed by atoms with E-state index in [4.69, 9.17) is 0 Å². The molecule has 32 heavy (non-hydrogen) atoms. The van der Waals surface area contributed by atoms with Gasteiger partial charge in [-0.15, -0.1) is 0 Å². The van der Waals surface area contributed by atoms with Crippen LogP contribution in [-0.4, -0.2) is 57.3 Å². The molecule has 2 aliphatic rings. The molecule has 0 aromatic carbocycles. The Morgan fingerprint density at radius 1 is 1.03 bits per heavy atom. The fourth-order valence-electron chi connectivity index (χ4n) is 4.71. The highest BCUT2D eigenvalue weighted by molar-refractivity contribution is 5.71. The normalized spacial score (nSPS) is 21.6. The van der Waals surface area contributed by atoms with E-state index in [9.17, 15) is 22.0 Å². The van der Waals surface area contributed by atoms with Crippen LogP contribution < -0.4 is 9.80 Å². The highest BCUT2D eigenvalue weighted by Gasteiger charge is 2.41. The highest BCUT2D eigenvalue weighted by Crippen LogP contribution is 2.40. The molecule has 0 radical (unpaired) electrons. The Morgan fingerprint density at radius 3 is 2.59 bits per heavy atom. The van der Waals surface area contributed by atoms with Crippen molar-refractivity contribution >= 4 is 22.7 Å². The summed E-state index contributed by atoms with van der Waals surface area (Å²) in [6.07, 6.45) is -0.825. The lowest BCUT2D eigenvalue weighted by Gasteiger charge is -2.36. The molecular weight excluding hydrogens is 433 g/mol. The third-order valence-corrected chi connectivity index (χ3v) is 6.21. The van der Waals surface area contributed by atoms with E-state index in [0.29, 0.717) is 49.1 Å². The van der Waals surface area contributed by atoms with Crippen molar-refractivity contribution in [3.63, 3.8) is 0 Å². The SMILES string of the molecule is FC(F)Cn1ncc2ncc(N3C[C@@H]4CCN(c5cnccc5C(F)(F)F)C[C@@H]4C3)nc21. The third-order valence-electron chi connectivity index (χ3n) is 6.21. The van der Waals surface area contributed by atoms with Crippen LogP contribution in [0, 0.1) is 11.8 Å². The largest absolute Gasteiger partial charge is 0.418 e. The number of rotatable bonds is 4. The van der Waals surface area contributed by atoms with Crippen molar-refractivity contribution in [3.8, 4) is 0 Å². The Hall–Kier alpha value is -3.05. The molecule has 2 saturated heterocycles. The van der Waals surface area contributed by atoms with Gasteiger partial charge in [0.2, 0.25) is 0 Å². The number of aromatic nitrogens is 5. The average Bonchev–Trinajstić information content (AvgIpc) is 3.36. The smallest absolute Gasteiger partial charge is 0.369 e. The second kappa shape index (κ2) is 7.82. The van der Waals surface area contributed by atoms with Crippen molar-refractivity contribution in [1.29, 1.82) is 0 Å². The Kier molecular flexibility index (Phi) is 5.09. The van der Waals surface area contributed by atoms with E-state index >= 15 is 0 Å². The molecule has 0 unspecified atom stereocenters. The van der Waals surface area contributed by atoms with Crippen LogP contribution in [0.15, 0.2) is 30.9 Å². The molecule has 12 heteroatoms. The number of nitrogens with zero attached hydrogens (tertiary/aromatic N) is 7. The van der Waals surface area contributed by atoms with Gasteiger partial charge in [0.15, 0.2) is 5.65 Å². The molecule has 0 saturated carbocycles. The monoisotopic (exact) mass is 453 g/mol. The molecule has 170 valence electrons. The topological polar surface area (TPSA) is 63.0 Å². The first-order valence-electron chi connectivity index (χ1n) is 10.3. The van der Waals surface area contributed by atoms with Crippen molar-refractivity contribution in [1.82, 2.24) is 24.7 Å². The Bertz CT molecular complexity index is 1120. The second-order valence-electron chi connectivity index (χ2n) is 8.21. The van der Waals surface area contributed by atoms with Crippen molar-refractivity contribution < 1.29 is 22.0 Å². The Labute approximate surface area is 179 Å². The van der Waals surface area contributed by atoms with Crippen LogP contribution in [0.1, 0.15) is 12.0 Å². The lowest BCUT2D eigenvalue weighted by Crippen LogP contribution is -2.41. The van der Waals surface area contributed by atoms with Gasteiger partial charge in [-0.1, -0.05) is 0 Å². The van der Waals surface area contributed by atoms with Gasteiger partial charge in [0, 0.05) is 32.4 Å². The van der Waals surface area contributed by atoms with Crippen LogP contribution >= 0.6 is 0 Å². The van der Waals surface area contributed by atoms with E-state index in [-0.39, 0.29) is 11.6 Å². The number of hydrogen-bond donors (Lipinski definition) is 0. The predicted octanol–water partition coefficient (Wildman–Crippen LogP) is 3.47. The molecule has 0 spiro atoms. The van der Waals surface area contributed by atoms with Crippen molar-refractivity contribution in [2.45, 2.75) is 25.6 Å². The van der Waals surface area contributed by atoms with Gasteiger partial charge in [0.25, 0.3) is 6.43 Å². The number of hydrogen-bond acceptors (Lipinski definition) is 6. The maximum Gasteiger partial charge on any atom is 0.418 e. The zero-order valence-corrected chi connectivity index (χ0v) is 16.9. The molecule has 0 N–H and O–H groups in total. The van der Waals surface area contributed by atoms with Crippen LogP contribution in [0.3, 0.4) is 0 Å². The minimum atomic E-state index is -4.44. The minimum absolute atomic E-state index is 0.106. The quantitative estimate of drug-likeness (QED) is 0.564. The summed E-state index contributed by atoms with van der Waals surface area (Å²) in [4.78, 5) is 16.5. The molecule has 2 atom stereocenters. The van der Waals surface area contributed by atoms with E-state index in [1.54, 1.807) is 11.1 Å². The van der Waals surface area contributed by atoms with Gasteiger partial charge >= 0.3 is 6.18 Å². The number of alkyl halides is 5. The van der Waals surface area contributed by atoms with Crippen molar-refractivity contribution in [3.05, 3.63) is 36.4 Å². The molecule has 0 bridgehead atoms. The molecule has 2 fully saturated rings. The second-order valence-corrected chi connectivity index (χ2v) is 8.21. The van der Waals surface area contributed by atoms with Gasteiger partial charge < -0.3 is 9.80 Å². The Morgan fingerprint density at radius 2 is 1.81 bits per heavy atom. The van der Waals surface area contributed by atoms with E-state index < -0.39 is 24.7 Å². The van der Waals surface area contributed by atoms with E-state index in [1.807, 2.05) is 4.90 Å². The van der Waals surface area contributed by atoms with Gasteiger partial charge in [-0.3, -0.25) is 4.98 Å². The summed E-state index contributed by atoms with van der Waals surface area (Å²) in [5, 5.41) is 3.94. The number of pyridine rings is 1. The van der Waals surface area contributed by atoms with Crippen LogP contribution in [0.4, 0.5) is 33.5 Å². The van der Waals surface area contributed by atoms with Crippen LogP contribution in [-0.2, 0) is 12.7 Å². The summed E-state index contributed by atoms with van der Waals surface area (Å²) in [7, 11) is 0. The van der Waals surface area contributed by atoms with Crippen LogP contribution in [0.2, 0.25) is 0 Å². The van der Waals surface area contributed by atoms with Gasteiger partial charge in [-0.05, 0) is 24.3 Å². The predicted molar refractivity (Wildman–Crippen MR) is 107 cm³/mol. The molecule has 2 aliphatic heterocycles. The molecule has 7 nitrogen and oxygen atoms in total. The first-order valence-corrected chi connectivity index (χ1v) is 10.3. The van der Waals surface area contributed by atoms with Gasteiger partial charge in [0.1, 0.15) is 17.9 Å². The molecule has 5 heterocycles. The lowest BCUT2D eigenvalue weighted by atomic mass is 9.88. The summed E-state index contributed by atoms with van der Waals surface area (Å²) < 4.78 is 67.1. The summed E-state index contributed by atoms with van der Waals surface area (Å²) in [5.74, 6) is 1.01. The van der Waals surface area contributed by atoms with Crippen molar-refractivity contribution in [2.24, 2.45) is 11.8 Å². The standard InChI is InChI=1S/C20H20F5N7/c21-17(22)11-32-19-15(5-28-32)27-7-18(29-19)31-8-12-2-4-30(9-13(12)10-31)16-6-26-3-1-14(16)20(23,24)25/h1,3,5-7,12-13,17H,2,4,8-11H2/t12-,13+/m0/s1. The van der Waals surface area contributed by atoms with Gasteiger partial charge in [-0.25, -0.2) is 23.4 Å². The highest BCUT2D eigenvalue weighted by atomic mass is 19.4. The molecular formula is C20H20F5N7. The maximum atomic E-state index is 13.4. The number of piperidine rings is 1. The third kappa shape index (κ3) is 3.82. The minimum Gasteiger partial charge on any atom is -0.369 e. The first kappa shape index (κ1) is 20.8. The van der Waals surface area contributed by atoms with Gasteiger partial charge in [0.05, 0.1) is 29.8 Å². The molecule has 0 aliphatic carbocycles. The van der Waals surface area contributed by atoms with E-state index in [1.165, 1.54) is 12.4 Å². The maximum absolute atomic E-state index is 13.4. The zero-order chi connectivity index (χ0) is 22.5. The fraction of sp³-hybridized carbons (Fsp3) is 0.500. The number of fused-ring (bicyclic) bond motifs is 2. The Balaban J connectivity index is 1.35. The van der Waals surface area contributed by atoms with E-state index in [0.717, 1.165) is 23.4 Å². The van der Waals surface area contributed by atoms with E-state index in [2.05, 4.69) is 20.1 Å². The molecule has 3 aromatic heterocycles. The average molecular weight is 453 g/mol. The summed E-state index contributed by atoms with van der Waals surface area (Å²) in [5.41, 5.74) is 0.163. The number of halogens is 5. The summed E-state index contributed by atoms with van der Waals surface area (Å²) >= 11 is 0. The van der Waals surface area contributed by atoms with Gasteiger partial charge in [-0.2, -0.15) is 18.3 Å². The van der Waals surface area contributed by atoms with Crippen molar-refractivity contribution in [2.75, 3.05) is 36.0 Å². The zero-order valence-electron chi connectivity index (χ0n) is 16.9. The van der Waals surface area contributed by atoms with Crippen LogP contribution in [0.5, 0.6) is 0 Å². The summed E-state index contributed by atoms with van der Waals surface area (Å²) in [6, 6.07) is 1.01. The summed E-state index contributed by atoms with van der Waals surface area (Å²) in [6.45, 7) is 1.73.